The number of ether oxygens (including phenoxy) is 3. The van der Waals surface area contributed by atoms with E-state index in [0.717, 1.165) is 38.5 Å². The van der Waals surface area contributed by atoms with Crippen LogP contribution in [0.1, 0.15) is 213 Å². The third-order valence-corrected chi connectivity index (χ3v) is 10.3. The maximum atomic E-state index is 13.1. The molecule has 0 amide bonds. The van der Waals surface area contributed by atoms with Crippen molar-refractivity contribution in [2.24, 2.45) is 5.92 Å². The molecule has 2 aliphatic rings. The van der Waals surface area contributed by atoms with Gasteiger partial charge in [-0.15, -0.1) is 0 Å². The van der Waals surface area contributed by atoms with Gasteiger partial charge < -0.3 is 14.2 Å². The van der Waals surface area contributed by atoms with Crippen molar-refractivity contribution in [2.75, 3.05) is 13.2 Å². The van der Waals surface area contributed by atoms with Gasteiger partial charge in [0.15, 0.2) is 0 Å². The number of rotatable bonds is 32. The average molecular weight is 635 g/mol. The normalized spacial score (nSPS) is 20.6. The van der Waals surface area contributed by atoms with Gasteiger partial charge in [0.05, 0.1) is 25.2 Å². The SMILES string of the molecule is CCCCCCCCCCCCCCCCOC(=O)C1CCCC2OC21C(=O)OCCCCCCCCCCCCCCCC. The summed E-state index contributed by atoms with van der Waals surface area (Å²) in [5.74, 6) is -1.10. The van der Waals surface area contributed by atoms with E-state index in [2.05, 4.69) is 13.8 Å². The van der Waals surface area contributed by atoms with Gasteiger partial charge in [-0.25, -0.2) is 4.79 Å². The molecule has 0 aromatic rings. The predicted molar refractivity (Wildman–Crippen MR) is 187 cm³/mol. The zero-order valence-corrected chi connectivity index (χ0v) is 30.0. The van der Waals surface area contributed by atoms with Crippen LogP contribution in [0.4, 0.5) is 0 Å². The Morgan fingerprint density at radius 2 is 0.867 bits per heavy atom. The van der Waals surface area contributed by atoms with Crippen LogP contribution in [0.2, 0.25) is 0 Å². The number of hydrogen-bond donors (Lipinski definition) is 0. The molecule has 0 radical (unpaired) electrons. The summed E-state index contributed by atoms with van der Waals surface area (Å²) < 4.78 is 17.2. The van der Waals surface area contributed by atoms with E-state index >= 15 is 0 Å². The summed E-state index contributed by atoms with van der Waals surface area (Å²) in [4.78, 5) is 26.0. The molecule has 0 N–H and O–H groups in total. The molecule has 3 atom stereocenters. The lowest BCUT2D eigenvalue weighted by atomic mass is 9.79. The first-order valence-corrected chi connectivity index (χ1v) is 20.2. The molecule has 1 saturated heterocycles. The van der Waals surface area contributed by atoms with Crippen LogP contribution in [-0.4, -0.2) is 36.9 Å². The zero-order valence-electron chi connectivity index (χ0n) is 30.0. The molecule has 1 heterocycles. The summed E-state index contributed by atoms with van der Waals surface area (Å²) in [7, 11) is 0. The van der Waals surface area contributed by atoms with Crippen molar-refractivity contribution in [1.29, 1.82) is 0 Å². The highest BCUT2D eigenvalue weighted by molar-refractivity contribution is 5.91. The fourth-order valence-electron chi connectivity index (χ4n) is 7.26. The predicted octanol–water partition coefficient (Wildman–Crippen LogP) is 12.0. The van der Waals surface area contributed by atoms with Crippen LogP contribution in [0.15, 0.2) is 0 Å². The molecule has 0 aromatic heterocycles. The molecule has 5 nitrogen and oxygen atoms in total. The molecule has 5 heteroatoms. The lowest BCUT2D eigenvalue weighted by molar-refractivity contribution is -0.163. The minimum atomic E-state index is -1.07. The number of epoxide rings is 1. The highest BCUT2D eigenvalue weighted by atomic mass is 16.7. The van der Waals surface area contributed by atoms with E-state index in [0.29, 0.717) is 19.6 Å². The van der Waals surface area contributed by atoms with Gasteiger partial charge in [-0.1, -0.05) is 181 Å². The summed E-state index contributed by atoms with van der Waals surface area (Å²) in [6, 6.07) is 0. The minimum Gasteiger partial charge on any atom is -0.465 e. The van der Waals surface area contributed by atoms with Crippen molar-refractivity contribution in [1.82, 2.24) is 0 Å². The summed E-state index contributed by atoms with van der Waals surface area (Å²) in [5, 5.41) is 0. The van der Waals surface area contributed by atoms with Crippen molar-refractivity contribution >= 4 is 11.9 Å². The Labute approximate surface area is 279 Å². The van der Waals surface area contributed by atoms with Crippen molar-refractivity contribution in [3.8, 4) is 0 Å². The largest absolute Gasteiger partial charge is 0.465 e. The van der Waals surface area contributed by atoms with Crippen LogP contribution < -0.4 is 0 Å². The van der Waals surface area contributed by atoms with Gasteiger partial charge in [-0.2, -0.15) is 0 Å². The Kier molecular flexibility index (Phi) is 24.0. The van der Waals surface area contributed by atoms with E-state index in [4.69, 9.17) is 14.2 Å². The highest BCUT2D eigenvalue weighted by Gasteiger charge is 2.71. The Bertz CT molecular complexity index is 723. The molecule has 1 saturated carbocycles. The van der Waals surface area contributed by atoms with Gasteiger partial charge in [0.25, 0.3) is 0 Å². The van der Waals surface area contributed by atoms with E-state index in [1.54, 1.807) is 0 Å². The van der Waals surface area contributed by atoms with Crippen molar-refractivity contribution in [3.05, 3.63) is 0 Å². The molecule has 1 aliphatic carbocycles. The van der Waals surface area contributed by atoms with Gasteiger partial charge in [0, 0.05) is 0 Å². The lowest BCUT2D eigenvalue weighted by Gasteiger charge is -2.25. The highest BCUT2D eigenvalue weighted by Crippen LogP contribution is 2.52. The summed E-state index contributed by atoms with van der Waals surface area (Å²) in [5.41, 5.74) is -1.07. The quantitative estimate of drug-likeness (QED) is 0.0418. The molecule has 1 aliphatic heterocycles. The molecule has 2 fully saturated rings. The summed E-state index contributed by atoms with van der Waals surface area (Å²) in [6.07, 6.45) is 38.7. The summed E-state index contributed by atoms with van der Waals surface area (Å²) in [6.45, 7) is 5.42. The second kappa shape index (κ2) is 26.9. The Morgan fingerprint density at radius 3 is 1.27 bits per heavy atom. The van der Waals surface area contributed by atoms with Crippen LogP contribution in [0.25, 0.3) is 0 Å². The Morgan fingerprint density at radius 1 is 0.511 bits per heavy atom. The average Bonchev–Trinajstić information content (AvgIpc) is 3.81. The van der Waals surface area contributed by atoms with Crippen molar-refractivity contribution in [2.45, 2.75) is 225 Å². The van der Waals surface area contributed by atoms with Gasteiger partial charge in [0.1, 0.15) is 0 Å². The fourth-order valence-corrected chi connectivity index (χ4v) is 7.26. The smallest absolute Gasteiger partial charge is 0.342 e. The van der Waals surface area contributed by atoms with Crippen LogP contribution in [0.5, 0.6) is 0 Å². The second-order valence-electron chi connectivity index (χ2n) is 14.4. The molecular formula is C40H74O5. The number of carbonyl (C=O) groups excluding carboxylic acids is 2. The number of unbranched alkanes of at least 4 members (excludes halogenated alkanes) is 26. The monoisotopic (exact) mass is 635 g/mol. The van der Waals surface area contributed by atoms with Crippen LogP contribution in [0, 0.1) is 5.92 Å². The van der Waals surface area contributed by atoms with Crippen LogP contribution in [0.3, 0.4) is 0 Å². The van der Waals surface area contributed by atoms with Crippen LogP contribution in [-0.2, 0) is 23.8 Å². The standard InChI is InChI=1S/C40H74O5/c1-3-5-7-9-11-13-15-17-19-21-23-25-27-29-34-43-38(41)36-32-31-33-37-40(36,45-37)39(42)44-35-30-28-26-24-22-20-18-16-14-12-10-8-6-4-2/h36-37H,3-35H2,1-2H3. The van der Waals surface area contributed by atoms with E-state index in [9.17, 15) is 9.59 Å². The van der Waals surface area contributed by atoms with Crippen molar-refractivity contribution in [3.63, 3.8) is 0 Å². The second-order valence-corrected chi connectivity index (χ2v) is 14.4. The van der Waals surface area contributed by atoms with E-state index < -0.39 is 11.5 Å². The first-order chi connectivity index (χ1) is 22.2. The number of esters is 2. The molecule has 2 rings (SSSR count). The number of fused-ring (bicyclic) bond motifs is 1. The van der Waals surface area contributed by atoms with Gasteiger partial charge in [0.2, 0.25) is 5.60 Å². The Hall–Kier alpha value is -1.10. The molecule has 3 unspecified atom stereocenters. The molecule has 0 aromatic carbocycles. The zero-order chi connectivity index (χ0) is 32.3. The fraction of sp³-hybridized carbons (Fsp3) is 0.950. The molecule has 0 bridgehead atoms. The molecule has 0 spiro atoms. The van der Waals surface area contributed by atoms with Crippen LogP contribution >= 0.6 is 0 Å². The molecule has 45 heavy (non-hydrogen) atoms. The molecular weight excluding hydrogens is 560 g/mol. The minimum absolute atomic E-state index is 0.173. The van der Waals surface area contributed by atoms with E-state index in [1.807, 2.05) is 0 Å². The first kappa shape index (κ1) is 40.1. The van der Waals surface area contributed by atoms with E-state index in [1.165, 1.54) is 154 Å². The van der Waals surface area contributed by atoms with Gasteiger partial charge >= 0.3 is 11.9 Å². The third kappa shape index (κ3) is 17.6. The lowest BCUT2D eigenvalue weighted by Crippen LogP contribution is -2.44. The first-order valence-electron chi connectivity index (χ1n) is 20.2. The van der Waals surface area contributed by atoms with E-state index in [-0.39, 0.29) is 18.0 Å². The third-order valence-electron chi connectivity index (χ3n) is 10.3. The van der Waals surface area contributed by atoms with Crippen molar-refractivity contribution < 1.29 is 23.8 Å². The maximum Gasteiger partial charge on any atom is 0.342 e. The summed E-state index contributed by atoms with van der Waals surface area (Å²) >= 11 is 0. The topological polar surface area (TPSA) is 65.1 Å². The number of hydrogen-bond acceptors (Lipinski definition) is 5. The maximum absolute atomic E-state index is 13.1. The molecule has 264 valence electrons. The number of carbonyl (C=O) groups is 2. The van der Waals surface area contributed by atoms with Gasteiger partial charge in [-0.05, 0) is 32.1 Å². The Balaban J connectivity index is 1.44. The van der Waals surface area contributed by atoms with Gasteiger partial charge in [-0.3, -0.25) is 4.79 Å².